The maximum Gasteiger partial charge on any atom is 0.229 e. The van der Waals surface area contributed by atoms with Crippen LogP contribution in [0.4, 0.5) is 5.82 Å². The number of amides is 2. The van der Waals surface area contributed by atoms with Crippen LogP contribution in [0.25, 0.3) is 0 Å². The van der Waals surface area contributed by atoms with Gasteiger partial charge < -0.3 is 15.2 Å². The standard InChI is InChI=1S/C18H21N3O3/c1-12-10-16(21-24-12)20-18(23)15-11-14(15)17(22)19-9-5-8-13-6-3-2-4-7-13/h2-4,6-7,10,14-15H,5,8-9,11H2,1H3,(H,19,22)(H,20,21,23). The topological polar surface area (TPSA) is 84.2 Å². The maximum atomic E-state index is 12.1. The molecule has 0 saturated heterocycles. The minimum Gasteiger partial charge on any atom is -0.360 e. The van der Waals surface area contributed by atoms with Crippen molar-refractivity contribution in [2.45, 2.75) is 26.2 Å². The van der Waals surface area contributed by atoms with Gasteiger partial charge in [0.1, 0.15) is 5.76 Å². The van der Waals surface area contributed by atoms with Crippen molar-refractivity contribution in [3.63, 3.8) is 0 Å². The Morgan fingerprint density at radius 1 is 1.21 bits per heavy atom. The maximum absolute atomic E-state index is 12.1. The van der Waals surface area contributed by atoms with Crippen LogP contribution in [-0.2, 0) is 16.0 Å². The highest BCUT2D eigenvalue weighted by atomic mass is 16.5. The molecule has 6 nitrogen and oxygen atoms in total. The van der Waals surface area contributed by atoms with Crippen LogP contribution in [-0.4, -0.2) is 23.5 Å². The number of carbonyl (C=O) groups is 2. The van der Waals surface area contributed by atoms with Gasteiger partial charge in [0.05, 0.1) is 11.8 Å². The van der Waals surface area contributed by atoms with Crippen LogP contribution in [0.5, 0.6) is 0 Å². The molecule has 2 atom stereocenters. The number of anilines is 1. The molecule has 0 bridgehead atoms. The third-order valence-electron chi connectivity index (χ3n) is 4.13. The lowest BCUT2D eigenvalue weighted by atomic mass is 10.1. The van der Waals surface area contributed by atoms with Gasteiger partial charge in [-0.2, -0.15) is 0 Å². The molecule has 1 fully saturated rings. The Balaban J connectivity index is 1.35. The average Bonchev–Trinajstić information content (AvgIpc) is 3.29. The number of carbonyl (C=O) groups excluding carboxylic acids is 2. The summed E-state index contributed by atoms with van der Waals surface area (Å²) in [6.07, 6.45) is 2.41. The van der Waals surface area contributed by atoms with E-state index in [-0.39, 0.29) is 23.7 Å². The molecule has 24 heavy (non-hydrogen) atoms. The van der Waals surface area contributed by atoms with E-state index in [9.17, 15) is 9.59 Å². The first kappa shape index (κ1) is 16.2. The number of nitrogens with one attached hydrogen (secondary N) is 2. The second kappa shape index (κ2) is 7.29. The van der Waals surface area contributed by atoms with E-state index in [1.807, 2.05) is 18.2 Å². The molecule has 2 unspecified atom stereocenters. The van der Waals surface area contributed by atoms with E-state index in [0.717, 1.165) is 12.8 Å². The summed E-state index contributed by atoms with van der Waals surface area (Å²) in [5.74, 6) is 0.318. The summed E-state index contributed by atoms with van der Waals surface area (Å²) in [7, 11) is 0. The fourth-order valence-electron chi connectivity index (χ4n) is 2.70. The van der Waals surface area contributed by atoms with Crippen molar-refractivity contribution in [3.8, 4) is 0 Å². The third-order valence-corrected chi connectivity index (χ3v) is 4.13. The third kappa shape index (κ3) is 4.22. The van der Waals surface area contributed by atoms with Gasteiger partial charge in [-0.1, -0.05) is 35.5 Å². The van der Waals surface area contributed by atoms with Crippen molar-refractivity contribution in [1.82, 2.24) is 10.5 Å². The lowest BCUT2D eigenvalue weighted by molar-refractivity contribution is -0.125. The van der Waals surface area contributed by atoms with Crippen LogP contribution in [0.1, 0.15) is 24.2 Å². The molecule has 1 aliphatic rings. The summed E-state index contributed by atoms with van der Waals surface area (Å²) in [5, 5.41) is 9.31. The highest BCUT2D eigenvalue weighted by molar-refractivity contribution is 5.99. The Hall–Kier alpha value is -2.63. The molecule has 0 aliphatic heterocycles. The summed E-state index contributed by atoms with van der Waals surface area (Å²) in [4.78, 5) is 24.1. The summed E-state index contributed by atoms with van der Waals surface area (Å²) in [6, 6.07) is 11.8. The molecule has 2 aromatic rings. The van der Waals surface area contributed by atoms with Crippen LogP contribution >= 0.6 is 0 Å². The smallest absolute Gasteiger partial charge is 0.229 e. The summed E-state index contributed by atoms with van der Waals surface area (Å²) in [5.41, 5.74) is 1.26. The summed E-state index contributed by atoms with van der Waals surface area (Å²) >= 11 is 0. The molecule has 1 aromatic heterocycles. The molecule has 1 aliphatic carbocycles. The molecule has 126 valence electrons. The fraction of sp³-hybridized carbons (Fsp3) is 0.389. The highest BCUT2D eigenvalue weighted by Gasteiger charge is 2.48. The highest BCUT2D eigenvalue weighted by Crippen LogP contribution is 2.39. The van der Waals surface area contributed by atoms with Gasteiger partial charge in [0.15, 0.2) is 5.82 Å². The zero-order valence-corrected chi connectivity index (χ0v) is 13.6. The predicted molar refractivity (Wildman–Crippen MR) is 89.2 cm³/mol. The van der Waals surface area contributed by atoms with Gasteiger partial charge in [0, 0.05) is 12.6 Å². The first-order chi connectivity index (χ1) is 11.6. The minimum absolute atomic E-state index is 0.0421. The van der Waals surface area contributed by atoms with Gasteiger partial charge in [-0.05, 0) is 31.7 Å². The Morgan fingerprint density at radius 3 is 2.67 bits per heavy atom. The SMILES string of the molecule is Cc1cc(NC(=O)C2CC2C(=O)NCCCc2ccccc2)no1. The number of aryl methyl sites for hydroxylation is 2. The second-order valence-electron chi connectivity index (χ2n) is 6.14. The number of nitrogens with zero attached hydrogens (tertiary/aromatic N) is 1. The first-order valence-electron chi connectivity index (χ1n) is 8.19. The van der Waals surface area contributed by atoms with E-state index in [4.69, 9.17) is 4.52 Å². The van der Waals surface area contributed by atoms with Gasteiger partial charge in [0.25, 0.3) is 0 Å². The fourth-order valence-corrected chi connectivity index (χ4v) is 2.70. The zero-order valence-electron chi connectivity index (χ0n) is 13.6. The van der Waals surface area contributed by atoms with Crippen LogP contribution in [0.15, 0.2) is 40.9 Å². The van der Waals surface area contributed by atoms with E-state index >= 15 is 0 Å². The number of rotatable bonds is 7. The molecule has 6 heteroatoms. The molecular weight excluding hydrogens is 306 g/mol. The van der Waals surface area contributed by atoms with Gasteiger partial charge in [0.2, 0.25) is 11.8 Å². The van der Waals surface area contributed by atoms with E-state index in [2.05, 4.69) is 27.9 Å². The van der Waals surface area contributed by atoms with Gasteiger partial charge >= 0.3 is 0 Å². The molecule has 2 N–H and O–H groups in total. The molecule has 1 saturated carbocycles. The number of hydrogen-bond donors (Lipinski definition) is 2. The van der Waals surface area contributed by atoms with E-state index in [1.54, 1.807) is 13.0 Å². The number of hydrogen-bond acceptors (Lipinski definition) is 4. The van der Waals surface area contributed by atoms with Crippen molar-refractivity contribution >= 4 is 17.6 Å². The Bertz CT molecular complexity index is 711. The van der Waals surface area contributed by atoms with Crippen LogP contribution in [0, 0.1) is 18.8 Å². The molecular formula is C18H21N3O3. The first-order valence-corrected chi connectivity index (χ1v) is 8.19. The van der Waals surface area contributed by atoms with E-state index in [0.29, 0.717) is 24.5 Å². The lowest BCUT2D eigenvalue weighted by Crippen LogP contribution is -2.28. The summed E-state index contributed by atoms with van der Waals surface area (Å²) < 4.78 is 4.90. The van der Waals surface area contributed by atoms with Crippen molar-refractivity contribution in [2.75, 3.05) is 11.9 Å². The molecule has 0 radical (unpaired) electrons. The van der Waals surface area contributed by atoms with E-state index < -0.39 is 0 Å². The predicted octanol–water partition coefficient (Wildman–Crippen LogP) is 2.31. The molecule has 0 spiro atoms. The Labute approximate surface area is 140 Å². The van der Waals surface area contributed by atoms with Crippen molar-refractivity contribution < 1.29 is 14.1 Å². The van der Waals surface area contributed by atoms with Gasteiger partial charge in [-0.25, -0.2) is 0 Å². The second-order valence-corrected chi connectivity index (χ2v) is 6.14. The minimum atomic E-state index is -0.267. The van der Waals surface area contributed by atoms with Crippen LogP contribution in [0.3, 0.4) is 0 Å². The van der Waals surface area contributed by atoms with Crippen molar-refractivity contribution in [2.24, 2.45) is 11.8 Å². The van der Waals surface area contributed by atoms with Gasteiger partial charge in [-0.3, -0.25) is 9.59 Å². The zero-order chi connectivity index (χ0) is 16.9. The van der Waals surface area contributed by atoms with Crippen LogP contribution in [0.2, 0.25) is 0 Å². The molecule has 1 aromatic carbocycles. The van der Waals surface area contributed by atoms with Crippen molar-refractivity contribution in [3.05, 3.63) is 47.7 Å². The quantitative estimate of drug-likeness (QED) is 0.764. The lowest BCUT2D eigenvalue weighted by Gasteiger charge is -2.05. The summed E-state index contributed by atoms with van der Waals surface area (Å²) in [6.45, 7) is 2.38. The normalized spacial score (nSPS) is 18.9. The Morgan fingerprint density at radius 2 is 1.96 bits per heavy atom. The van der Waals surface area contributed by atoms with Crippen molar-refractivity contribution in [1.29, 1.82) is 0 Å². The van der Waals surface area contributed by atoms with Gasteiger partial charge in [-0.15, -0.1) is 0 Å². The Kier molecular flexibility index (Phi) is 4.93. The molecule has 3 rings (SSSR count). The monoisotopic (exact) mass is 327 g/mol. The number of benzene rings is 1. The number of aromatic nitrogens is 1. The van der Waals surface area contributed by atoms with E-state index in [1.165, 1.54) is 5.56 Å². The van der Waals surface area contributed by atoms with Crippen LogP contribution < -0.4 is 10.6 Å². The largest absolute Gasteiger partial charge is 0.360 e. The molecule has 1 heterocycles. The average molecular weight is 327 g/mol. The molecule has 2 amide bonds.